The Kier molecular flexibility index (Phi) is 8.38. The van der Waals surface area contributed by atoms with Crippen molar-refractivity contribution in [2.24, 2.45) is 0 Å². The predicted molar refractivity (Wildman–Crippen MR) is 128 cm³/mol. The van der Waals surface area contributed by atoms with Crippen LogP contribution >= 0.6 is 11.8 Å². The molecule has 0 amide bonds. The molecule has 1 aliphatic rings. The number of nitrogens with one attached hydrogen (secondary N) is 1. The third kappa shape index (κ3) is 6.57. The first-order chi connectivity index (χ1) is 15.3. The van der Waals surface area contributed by atoms with Crippen molar-refractivity contribution >= 4 is 27.7 Å². The second-order valence-electron chi connectivity index (χ2n) is 8.17. The van der Waals surface area contributed by atoms with Gasteiger partial charge in [0, 0.05) is 29.0 Å². The van der Waals surface area contributed by atoms with E-state index in [2.05, 4.69) is 24.4 Å². The molecule has 3 rings (SSSR count). The zero-order valence-corrected chi connectivity index (χ0v) is 20.2. The molecule has 0 fully saturated rings. The summed E-state index contributed by atoms with van der Waals surface area (Å²) >= 11 is 1.75. The molecule has 6 nitrogen and oxygen atoms in total. The molecular weight excluding hydrogens is 446 g/mol. The van der Waals surface area contributed by atoms with Crippen LogP contribution in [-0.2, 0) is 14.9 Å². The van der Waals surface area contributed by atoms with Gasteiger partial charge < -0.3 is 4.74 Å². The summed E-state index contributed by atoms with van der Waals surface area (Å²) in [6.45, 7) is 4.22. The van der Waals surface area contributed by atoms with Gasteiger partial charge in [-0.15, -0.1) is 11.8 Å². The van der Waals surface area contributed by atoms with Gasteiger partial charge in [-0.2, -0.15) is 8.42 Å². The highest BCUT2D eigenvalue weighted by Gasteiger charge is 2.37. The maximum absolute atomic E-state index is 12.4. The third-order valence-electron chi connectivity index (χ3n) is 5.80. The third-order valence-corrected chi connectivity index (χ3v) is 7.99. The fourth-order valence-corrected chi connectivity index (χ4v) is 5.70. The molecule has 2 atom stereocenters. The Hall–Kier alpha value is -1.87. The molecule has 2 aromatic rings. The first-order valence-electron chi connectivity index (χ1n) is 10.9. The predicted octanol–water partition coefficient (Wildman–Crippen LogP) is 4.65. The fraction of sp³-hybridized carbons (Fsp3) is 0.458. The first kappa shape index (κ1) is 24.8. The van der Waals surface area contributed by atoms with Crippen molar-refractivity contribution in [3.05, 3.63) is 59.7 Å². The smallest absolute Gasteiger partial charge is 0.264 e. The number of carbonyl (C=O) groups excluding carboxylic acids is 1. The summed E-state index contributed by atoms with van der Waals surface area (Å²) in [4.78, 5) is 13.5. The number of hydrogen-bond acceptors (Lipinski definition) is 6. The Balaban J connectivity index is 1.91. The van der Waals surface area contributed by atoms with E-state index in [-0.39, 0.29) is 36.1 Å². The van der Waals surface area contributed by atoms with Crippen molar-refractivity contribution in [1.82, 2.24) is 5.32 Å². The molecule has 0 aliphatic carbocycles. The molecule has 0 aromatic heterocycles. The number of ether oxygens (including phenoxy) is 1. The molecule has 1 aliphatic heterocycles. The lowest BCUT2D eigenvalue weighted by Crippen LogP contribution is -2.49. The molecule has 1 heterocycles. The van der Waals surface area contributed by atoms with Gasteiger partial charge in [-0.25, -0.2) is 0 Å². The lowest BCUT2D eigenvalue weighted by Gasteiger charge is -2.35. The van der Waals surface area contributed by atoms with Crippen LogP contribution in [0.5, 0.6) is 5.75 Å². The second-order valence-corrected chi connectivity index (χ2v) is 10.8. The summed E-state index contributed by atoms with van der Waals surface area (Å²) in [5, 5.41) is 3.82. The number of fused-ring (bicyclic) bond motifs is 1. The molecule has 8 heteroatoms. The minimum absolute atomic E-state index is 0.104. The van der Waals surface area contributed by atoms with E-state index in [4.69, 9.17) is 9.29 Å². The topological polar surface area (TPSA) is 92.7 Å². The van der Waals surface area contributed by atoms with Gasteiger partial charge in [0.05, 0.1) is 18.4 Å². The highest BCUT2D eigenvalue weighted by Crippen LogP contribution is 2.41. The van der Waals surface area contributed by atoms with E-state index in [1.54, 1.807) is 11.8 Å². The summed E-state index contributed by atoms with van der Waals surface area (Å²) in [5.74, 6) is 1.36. The van der Waals surface area contributed by atoms with Gasteiger partial charge in [-0.05, 0) is 42.2 Å². The number of ketones is 1. The molecule has 2 N–H and O–H groups in total. The average Bonchev–Trinajstić information content (AvgIpc) is 2.94. The minimum Gasteiger partial charge on any atom is -0.494 e. The van der Waals surface area contributed by atoms with Gasteiger partial charge in [-0.3, -0.25) is 14.7 Å². The Morgan fingerprint density at radius 2 is 1.97 bits per heavy atom. The van der Waals surface area contributed by atoms with Crippen LogP contribution in [-0.4, -0.2) is 42.4 Å². The monoisotopic (exact) mass is 477 g/mol. The Morgan fingerprint density at radius 3 is 2.62 bits per heavy atom. The number of carbonyl (C=O) groups is 1. The molecule has 0 saturated heterocycles. The van der Waals surface area contributed by atoms with Crippen LogP contribution in [0.4, 0.5) is 0 Å². The Labute approximate surface area is 194 Å². The second kappa shape index (κ2) is 10.8. The summed E-state index contributed by atoms with van der Waals surface area (Å²) in [7, 11) is -3.99. The largest absolute Gasteiger partial charge is 0.494 e. The van der Waals surface area contributed by atoms with Gasteiger partial charge >= 0.3 is 0 Å². The number of rotatable bonds is 10. The number of hydrogen-bond donors (Lipinski definition) is 2. The highest BCUT2D eigenvalue weighted by molar-refractivity contribution is 7.99. The molecule has 0 spiro atoms. The molecule has 174 valence electrons. The van der Waals surface area contributed by atoms with Crippen LogP contribution in [0.1, 0.15) is 56.7 Å². The van der Waals surface area contributed by atoms with Crippen molar-refractivity contribution in [3.8, 4) is 5.75 Å². The van der Waals surface area contributed by atoms with E-state index in [9.17, 15) is 13.2 Å². The average molecular weight is 478 g/mol. The lowest BCUT2D eigenvalue weighted by molar-refractivity contribution is -0.120. The maximum Gasteiger partial charge on any atom is 0.264 e. The van der Waals surface area contributed by atoms with Crippen LogP contribution in [0.2, 0.25) is 0 Å². The molecule has 0 saturated carbocycles. The van der Waals surface area contributed by atoms with E-state index < -0.39 is 10.1 Å². The molecule has 0 radical (unpaired) electrons. The maximum atomic E-state index is 12.4. The number of Topliss-reactive ketones (excluding diaryl/α,β-unsaturated/α-hetero) is 1. The van der Waals surface area contributed by atoms with E-state index in [1.807, 2.05) is 43.3 Å². The summed E-state index contributed by atoms with van der Waals surface area (Å²) in [6, 6.07) is 16.0. The van der Waals surface area contributed by atoms with E-state index >= 15 is 0 Å². The normalized spacial score (nSPS) is 20.9. The summed E-state index contributed by atoms with van der Waals surface area (Å²) in [5.41, 5.74) is 1.88. The fourth-order valence-electron chi connectivity index (χ4n) is 3.89. The van der Waals surface area contributed by atoms with Crippen LogP contribution in [0.15, 0.2) is 53.4 Å². The molecule has 32 heavy (non-hydrogen) atoms. The van der Waals surface area contributed by atoms with E-state index in [1.165, 1.54) is 0 Å². The van der Waals surface area contributed by atoms with Crippen molar-refractivity contribution in [2.75, 3.05) is 18.1 Å². The SMILES string of the molecule is CCC(=O)C[C@@]1(CC)CSc2ccc(OCCCS(=O)(=O)O)cc2[C@H](c2ccccc2)N1. The molecule has 2 aromatic carbocycles. The molecule has 0 bridgehead atoms. The zero-order valence-electron chi connectivity index (χ0n) is 18.5. The van der Waals surface area contributed by atoms with Crippen molar-refractivity contribution in [1.29, 1.82) is 0 Å². The van der Waals surface area contributed by atoms with Crippen LogP contribution in [0, 0.1) is 0 Å². The highest BCUT2D eigenvalue weighted by atomic mass is 32.2. The van der Waals surface area contributed by atoms with Gasteiger partial charge in [0.2, 0.25) is 0 Å². The first-order valence-corrected chi connectivity index (χ1v) is 13.5. The van der Waals surface area contributed by atoms with E-state index in [0.717, 1.165) is 28.2 Å². The van der Waals surface area contributed by atoms with Gasteiger partial charge in [0.25, 0.3) is 10.1 Å². The molecular formula is C24H31NO5S2. The number of benzene rings is 2. The van der Waals surface area contributed by atoms with E-state index in [0.29, 0.717) is 18.6 Å². The van der Waals surface area contributed by atoms with Crippen molar-refractivity contribution < 1.29 is 22.5 Å². The van der Waals surface area contributed by atoms with Crippen molar-refractivity contribution in [3.63, 3.8) is 0 Å². The van der Waals surface area contributed by atoms with Crippen LogP contribution in [0.25, 0.3) is 0 Å². The lowest BCUT2D eigenvalue weighted by atomic mass is 9.87. The zero-order chi connectivity index (χ0) is 23.2. The van der Waals surface area contributed by atoms with Crippen LogP contribution in [0.3, 0.4) is 0 Å². The standard InChI is InChI=1S/C24H31NO5S2/c1-3-19(26)16-24(4-2)17-31-22-12-11-20(30-13-8-14-32(27,28)29)15-21(22)23(25-24)18-9-6-5-7-10-18/h5-7,9-12,15,23,25H,3-4,8,13-14,16-17H2,1-2H3,(H,27,28,29)/t23-,24-/m0/s1. The Bertz CT molecular complexity index is 1030. The van der Waals surface area contributed by atoms with Gasteiger partial charge in [0.1, 0.15) is 11.5 Å². The summed E-state index contributed by atoms with van der Waals surface area (Å²) in [6.07, 6.45) is 2.06. The quantitative estimate of drug-likeness (QED) is 0.380. The minimum atomic E-state index is -3.99. The summed E-state index contributed by atoms with van der Waals surface area (Å²) < 4.78 is 36.5. The van der Waals surface area contributed by atoms with Crippen LogP contribution < -0.4 is 10.1 Å². The molecule has 0 unspecified atom stereocenters. The van der Waals surface area contributed by atoms with Gasteiger partial charge in [0.15, 0.2) is 0 Å². The van der Waals surface area contributed by atoms with Crippen molar-refractivity contribution in [2.45, 2.75) is 56.0 Å². The Morgan fingerprint density at radius 1 is 1.22 bits per heavy atom. The number of thioether (sulfide) groups is 1. The van der Waals surface area contributed by atoms with Gasteiger partial charge in [-0.1, -0.05) is 44.2 Å².